The Kier molecular flexibility index (Phi) is 12.3. The van der Waals surface area contributed by atoms with Gasteiger partial charge in [-0.1, -0.05) is 0 Å². The number of hydrogen-bond donors (Lipinski definition) is 6. The van der Waals surface area contributed by atoms with Crippen LogP contribution in [0.4, 0.5) is 34.6 Å². The van der Waals surface area contributed by atoms with Gasteiger partial charge in [0.2, 0.25) is 35.3 Å². The number of carbonyl (C=O) groups excluding carboxylic acids is 7. The van der Waals surface area contributed by atoms with Gasteiger partial charge in [0.25, 0.3) is 11.8 Å². The van der Waals surface area contributed by atoms with Crippen LogP contribution in [-0.4, -0.2) is 85.8 Å². The molecule has 6 amide bonds. The van der Waals surface area contributed by atoms with Crippen LogP contribution in [-0.2, 0) is 59.2 Å². The van der Waals surface area contributed by atoms with Crippen LogP contribution in [0.2, 0.25) is 0 Å². The minimum atomic E-state index is -0.601. The Morgan fingerprint density at radius 3 is 1.62 bits per heavy atom. The van der Waals surface area contributed by atoms with Gasteiger partial charge >= 0.3 is 5.97 Å². The van der Waals surface area contributed by atoms with Gasteiger partial charge in [0.05, 0.1) is 18.0 Å². The number of nitrogens with zero attached hydrogens (tertiary/aromatic N) is 8. The predicted molar refractivity (Wildman–Crippen MR) is 217 cm³/mol. The molecule has 0 atom stereocenters. The van der Waals surface area contributed by atoms with Gasteiger partial charge in [-0.15, -0.1) is 0 Å². The number of carbonyl (C=O) groups is 7. The molecule has 60 heavy (non-hydrogen) atoms. The maximum Gasteiger partial charge on any atom is 0.374 e. The molecule has 0 aromatic carbocycles. The van der Waals surface area contributed by atoms with Crippen molar-refractivity contribution in [3.05, 3.63) is 66.8 Å². The molecule has 0 bridgehead atoms. The van der Waals surface area contributed by atoms with Crippen LogP contribution in [0.25, 0.3) is 0 Å². The van der Waals surface area contributed by atoms with Crippen molar-refractivity contribution >= 4 is 76.1 Å². The summed E-state index contributed by atoms with van der Waals surface area (Å²) in [6.45, 7) is 1.88. The molecule has 0 radical (unpaired) electrons. The van der Waals surface area contributed by atoms with Crippen molar-refractivity contribution in [2.45, 2.75) is 45.4 Å². The average molecular weight is 827 g/mol. The first-order chi connectivity index (χ1) is 28.5. The lowest BCUT2D eigenvalue weighted by Crippen LogP contribution is -2.23. The van der Waals surface area contributed by atoms with E-state index in [4.69, 9.17) is 4.74 Å². The highest BCUT2D eigenvalue weighted by Gasteiger charge is 2.46. The minimum absolute atomic E-state index is 0.0104. The fourth-order valence-corrected chi connectivity index (χ4v) is 6.41. The minimum Gasteiger partial charge on any atom is -0.460 e. The molecule has 5 aromatic rings. The molecule has 0 spiro atoms. The molecule has 0 unspecified atom stereocenters. The lowest BCUT2D eigenvalue weighted by Gasteiger charge is -2.14. The third-order valence-electron chi connectivity index (χ3n) is 9.64. The van der Waals surface area contributed by atoms with E-state index in [-0.39, 0.29) is 73.2 Å². The highest BCUT2D eigenvalue weighted by atomic mass is 16.5. The van der Waals surface area contributed by atoms with Gasteiger partial charge in [-0.3, -0.25) is 28.8 Å². The van der Waals surface area contributed by atoms with Gasteiger partial charge in [-0.05, 0) is 25.2 Å². The molecule has 5 heterocycles. The van der Waals surface area contributed by atoms with Crippen molar-refractivity contribution < 1.29 is 38.3 Å². The number of imidazole rings is 3. The second-order valence-corrected chi connectivity index (χ2v) is 14.6. The van der Waals surface area contributed by atoms with Crippen molar-refractivity contribution in [2.75, 3.05) is 38.5 Å². The van der Waals surface area contributed by atoms with Crippen LogP contribution in [0.3, 0.4) is 0 Å². The summed E-state index contributed by atoms with van der Waals surface area (Å²) in [7, 11) is 8.28. The van der Waals surface area contributed by atoms with Crippen molar-refractivity contribution in [2.24, 2.45) is 40.7 Å². The molecule has 0 saturated heterocycles. The third kappa shape index (κ3) is 10.3. The number of aromatic nitrogens is 8. The van der Waals surface area contributed by atoms with Crippen LogP contribution < -0.4 is 31.9 Å². The first-order valence-corrected chi connectivity index (χ1v) is 18.9. The van der Waals surface area contributed by atoms with E-state index in [9.17, 15) is 33.6 Å². The summed E-state index contributed by atoms with van der Waals surface area (Å²) in [6, 6.07) is 3.16. The topological polar surface area (TPSA) is 264 Å². The first-order valence-electron chi connectivity index (χ1n) is 18.9. The fourth-order valence-electron chi connectivity index (χ4n) is 6.41. The molecule has 22 nitrogen and oxygen atoms in total. The van der Waals surface area contributed by atoms with Gasteiger partial charge in [-0.25, -0.2) is 19.7 Å². The molecule has 5 aromatic heterocycles. The first kappa shape index (κ1) is 42.1. The lowest BCUT2D eigenvalue weighted by atomic mass is 9.97. The van der Waals surface area contributed by atoms with E-state index in [0.29, 0.717) is 35.9 Å². The van der Waals surface area contributed by atoms with Crippen molar-refractivity contribution in [3.63, 3.8) is 0 Å². The predicted octanol–water partition coefficient (Wildman–Crippen LogP) is 2.74. The van der Waals surface area contributed by atoms with Gasteiger partial charge in [0.1, 0.15) is 11.6 Å². The monoisotopic (exact) mass is 826 g/mol. The molecular weight excluding hydrogens is 781 g/mol. The summed E-state index contributed by atoms with van der Waals surface area (Å²) in [4.78, 5) is 101. The summed E-state index contributed by atoms with van der Waals surface area (Å²) in [5.41, 5.74) is 0.307. The second kappa shape index (κ2) is 17.5. The number of aryl methyl sites for hydroxylation is 5. The number of nitrogens with one attached hydrogen (secondary N) is 6. The summed E-state index contributed by atoms with van der Waals surface area (Å²) >= 11 is 0. The molecule has 6 rings (SSSR count). The molecular formula is C38H46N14O8. The number of ether oxygens (including phenoxy) is 1. The van der Waals surface area contributed by atoms with E-state index < -0.39 is 35.0 Å². The Morgan fingerprint density at radius 1 is 0.600 bits per heavy atom. The standard InChI is InChI=1S/C38H46N14O8/c1-7-60-37(59)34-45-25(21-52(34)6)43-30(55)16-38(10-11-38)17-31(56)47-27-15-23(19-50(27)4)41-36(58)33-44-24(20-51(33)5)42-28(53)8-9-29(54)46-26-14-22(18-49(26)3)40-35(57)32-39-12-13-48(32)2/h12-15,18-21H,7-11,16-17H2,1-6H3,(H,40,57)(H,41,58)(H,42,53)(H,43,55)(H,46,54)(H,47,56). The van der Waals surface area contributed by atoms with Crippen molar-refractivity contribution in [1.82, 2.24) is 37.8 Å². The second-order valence-electron chi connectivity index (χ2n) is 14.6. The molecule has 6 N–H and O–H groups in total. The van der Waals surface area contributed by atoms with E-state index >= 15 is 0 Å². The summed E-state index contributed by atoms with van der Waals surface area (Å²) in [5.74, 6) is -1.76. The summed E-state index contributed by atoms with van der Waals surface area (Å²) in [6.07, 6.45) is 10.6. The van der Waals surface area contributed by atoms with Gasteiger partial charge in [0.15, 0.2) is 17.5 Å². The Labute approximate surface area is 343 Å². The van der Waals surface area contributed by atoms with Crippen LogP contribution >= 0.6 is 0 Å². The van der Waals surface area contributed by atoms with Gasteiger partial charge in [0, 0.05) is 110 Å². The zero-order valence-electron chi connectivity index (χ0n) is 33.9. The van der Waals surface area contributed by atoms with E-state index in [1.54, 1.807) is 86.6 Å². The van der Waals surface area contributed by atoms with E-state index in [1.165, 1.54) is 27.7 Å². The zero-order valence-corrected chi connectivity index (χ0v) is 33.9. The smallest absolute Gasteiger partial charge is 0.374 e. The van der Waals surface area contributed by atoms with E-state index in [1.807, 2.05) is 0 Å². The Morgan fingerprint density at radius 2 is 1.08 bits per heavy atom. The Hall–Kier alpha value is -7.52. The number of esters is 1. The SMILES string of the molecule is CCOC(=O)c1nc(NC(=O)CC2(CC(=O)Nc3cc(NC(=O)c4nc(NC(=O)CCC(=O)Nc5cc(NC(=O)c6nccn6C)cn5C)cn4C)cn3C)CC2)cn1C. The molecule has 1 saturated carbocycles. The van der Waals surface area contributed by atoms with Crippen LogP contribution in [0.1, 0.15) is 77.3 Å². The van der Waals surface area contributed by atoms with Gasteiger partial charge in [-0.2, -0.15) is 0 Å². The van der Waals surface area contributed by atoms with Crippen LogP contribution in [0.15, 0.2) is 49.3 Å². The number of rotatable bonds is 17. The molecule has 22 heteroatoms. The average Bonchev–Trinajstić information content (AvgIpc) is 3.63. The molecule has 1 fully saturated rings. The summed E-state index contributed by atoms with van der Waals surface area (Å²) in [5, 5.41) is 16.3. The highest BCUT2D eigenvalue weighted by molar-refractivity contribution is 6.04. The van der Waals surface area contributed by atoms with Crippen LogP contribution in [0, 0.1) is 5.41 Å². The van der Waals surface area contributed by atoms with E-state index in [2.05, 4.69) is 46.9 Å². The van der Waals surface area contributed by atoms with Crippen LogP contribution in [0.5, 0.6) is 0 Å². The van der Waals surface area contributed by atoms with Crippen molar-refractivity contribution in [1.29, 1.82) is 0 Å². The quantitative estimate of drug-likeness (QED) is 0.0743. The largest absolute Gasteiger partial charge is 0.460 e. The Bertz CT molecular complexity index is 2480. The maximum atomic E-state index is 13.2. The molecule has 316 valence electrons. The lowest BCUT2D eigenvalue weighted by molar-refractivity contribution is -0.121. The Balaban J connectivity index is 0.943. The number of hydrogen-bond acceptors (Lipinski definition) is 11. The maximum absolute atomic E-state index is 13.2. The molecule has 1 aliphatic carbocycles. The molecule has 0 aliphatic heterocycles. The summed E-state index contributed by atoms with van der Waals surface area (Å²) < 4.78 is 12.7. The van der Waals surface area contributed by atoms with Crippen molar-refractivity contribution in [3.8, 4) is 0 Å². The third-order valence-corrected chi connectivity index (χ3v) is 9.64. The number of amides is 6. The number of anilines is 6. The molecule has 1 aliphatic rings. The fraction of sp³-hybridized carbons (Fsp3) is 0.368. The zero-order chi connectivity index (χ0) is 43.3. The van der Waals surface area contributed by atoms with Gasteiger partial charge < -0.3 is 59.5 Å². The van der Waals surface area contributed by atoms with E-state index in [0.717, 1.165) is 0 Å². The highest BCUT2D eigenvalue weighted by Crippen LogP contribution is 2.52. The normalized spacial score (nSPS) is 12.6.